The lowest BCUT2D eigenvalue weighted by molar-refractivity contribution is 0.528. The SMILES string of the molecule is CSCc1nn(C(C)C)cc1C. The standard InChI is InChI=1S/C9H16N2S/c1-7(2)11-5-8(3)9(10-11)6-12-4/h5,7H,6H2,1-4H3. The molecule has 0 atom stereocenters. The number of hydrogen-bond donors (Lipinski definition) is 0. The van der Waals surface area contributed by atoms with Gasteiger partial charge in [0.1, 0.15) is 0 Å². The lowest BCUT2D eigenvalue weighted by Crippen LogP contribution is -2.01. The molecule has 1 aromatic rings. The molecule has 68 valence electrons. The maximum atomic E-state index is 4.49. The summed E-state index contributed by atoms with van der Waals surface area (Å²) in [5, 5.41) is 4.49. The minimum atomic E-state index is 0.472. The van der Waals surface area contributed by atoms with Crippen LogP contribution < -0.4 is 0 Å². The van der Waals surface area contributed by atoms with Crippen molar-refractivity contribution < 1.29 is 0 Å². The molecule has 0 N–H and O–H groups in total. The Morgan fingerprint density at radius 2 is 2.25 bits per heavy atom. The molecule has 3 heteroatoms. The van der Waals surface area contributed by atoms with Gasteiger partial charge in [0.2, 0.25) is 0 Å². The third-order valence-corrected chi connectivity index (χ3v) is 2.39. The van der Waals surface area contributed by atoms with Gasteiger partial charge in [-0.05, 0) is 32.6 Å². The summed E-state index contributed by atoms with van der Waals surface area (Å²) in [6.07, 6.45) is 4.23. The third-order valence-electron chi connectivity index (χ3n) is 1.83. The lowest BCUT2D eigenvalue weighted by Gasteiger charge is -2.03. The summed E-state index contributed by atoms with van der Waals surface area (Å²) < 4.78 is 2.03. The van der Waals surface area contributed by atoms with Gasteiger partial charge in [-0.25, -0.2) is 0 Å². The molecule has 0 bridgehead atoms. The highest BCUT2D eigenvalue weighted by atomic mass is 32.2. The van der Waals surface area contributed by atoms with Crippen molar-refractivity contribution in [1.29, 1.82) is 0 Å². The second-order valence-electron chi connectivity index (χ2n) is 3.27. The zero-order chi connectivity index (χ0) is 9.14. The van der Waals surface area contributed by atoms with Crippen molar-refractivity contribution in [2.45, 2.75) is 32.6 Å². The van der Waals surface area contributed by atoms with Crippen molar-refractivity contribution in [3.8, 4) is 0 Å². The fraction of sp³-hybridized carbons (Fsp3) is 0.667. The Kier molecular flexibility index (Phi) is 3.20. The number of rotatable bonds is 3. The van der Waals surface area contributed by atoms with Crippen molar-refractivity contribution in [3.05, 3.63) is 17.5 Å². The first-order valence-corrected chi connectivity index (χ1v) is 5.58. The van der Waals surface area contributed by atoms with Crippen molar-refractivity contribution in [2.75, 3.05) is 6.26 Å². The van der Waals surface area contributed by atoms with Crippen molar-refractivity contribution >= 4 is 11.8 Å². The van der Waals surface area contributed by atoms with Crippen LogP contribution >= 0.6 is 11.8 Å². The van der Waals surface area contributed by atoms with E-state index in [0.717, 1.165) is 5.75 Å². The lowest BCUT2D eigenvalue weighted by atomic mass is 10.3. The monoisotopic (exact) mass is 184 g/mol. The van der Waals surface area contributed by atoms with Gasteiger partial charge in [0, 0.05) is 18.0 Å². The average molecular weight is 184 g/mol. The molecule has 1 heterocycles. The topological polar surface area (TPSA) is 17.8 Å². The molecule has 0 radical (unpaired) electrons. The Labute approximate surface area is 78.4 Å². The first-order chi connectivity index (χ1) is 5.65. The predicted octanol–water partition coefficient (Wildman–Crippen LogP) is 2.64. The summed E-state index contributed by atoms with van der Waals surface area (Å²) in [6.45, 7) is 6.42. The Morgan fingerprint density at radius 3 is 2.67 bits per heavy atom. The molecule has 0 aromatic carbocycles. The molecule has 12 heavy (non-hydrogen) atoms. The summed E-state index contributed by atoms with van der Waals surface area (Å²) in [4.78, 5) is 0. The van der Waals surface area contributed by atoms with E-state index in [1.54, 1.807) is 0 Å². The number of aryl methyl sites for hydroxylation is 1. The second-order valence-corrected chi connectivity index (χ2v) is 4.13. The first kappa shape index (κ1) is 9.65. The van der Waals surface area contributed by atoms with Crippen LogP contribution in [-0.2, 0) is 5.75 Å². The van der Waals surface area contributed by atoms with Crippen LogP contribution in [0.5, 0.6) is 0 Å². The summed E-state index contributed by atoms with van der Waals surface area (Å²) in [7, 11) is 0. The summed E-state index contributed by atoms with van der Waals surface area (Å²) in [5.74, 6) is 1.02. The van der Waals surface area contributed by atoms with Gasteiger partial charge < -0.3 is 0 Å². The maximum absolute atomic E-state index is 4.49. The average Bonchev–Trinajstić information content (AvgIpc) is 2.34. The van der Waals surface area contributed by atoms with E-state index in [9.17, 15) is 0 Å². The van der Waals surface area contributed by atoms with Gasteiger partial charge in [0.15, 0.2) is 0 Å². The van der Waals surface area contributed by atoms with Crippen LogP contribution in [-0.4, -0.2) is 16.0 Å². The zero-order valence-corrected chi connectivity index (χ0v) is 8.98. The van der Waals surface area contributed by atoms with Crippen LogP contribution in [0.3, 0.4) is 0 Å². The van der Waals surface area contributed by atoms with Gasteiger partial charge in [-0.15, -0.1) is 0 Å². The Morgan fingerprint density at radius 1 is 1.58 bits per heavy atom. The first-order valence-electron chi connectivity index (χ1n) is 4.18. The largest absolute Gasteiger partial charge is 0.270 e. The minimum Gasteiger partial charge on any atom is -0.270 e. The number of nitrogens with zero attached hydrogens (tertiary/aromatic N) is 2. The van der Waals surface area contributed by atoms with E-state index in [-0.39, 0.29) is 0 Å². The van der Waals surface area contributed by atoms with Gasteiger partial charge in [0.25, 0.3) is 0 Å². The summed E-state index contributed by atoms with van der Waals surface area (Å²) in [5.41, 5.74) is 2.52. The van der Waals surface area contributed by atoms with Gasteiger partial charge in [0.05, 0.1) is 5.69 Å². The molecule has 0 unspecified atom stereocenters. The van der Waals surface area contributed by atoms with E-state index < -0.39 is 0 Å². The minimum absolute atomic E-state index is 0.472. The van der Waals surface area contributed by atoms with Crippen LogP contribution in [0.2, 0.25) is 0 Å². The van der Waals surface area contributed by atoms with E-state index in [0.29, 0.717) is 6.04 Å². The Hall–Kier alpha value is -0.440. The van der Waals surface area contributed by atoms with Gasteiger partial charge in [-0.3, -0.25) is 4.68 Å². The molecule has 0 aliphatic rings. The quantitative estimate of drug-likeness (QED) is 0.718. The molecule has 0 aliphatic heterocycles. The molecule has 1 rings (SSSR count). The van der Waals surface area contributed by atoms with Crippen LogP contribution in [0.25, 0.3) is 0 Å². The molecule has 0 amide bonds. The molecular weight excluding hydrogens is 168 g/mol. The fourth-order valence-corrected chi connectivity index (χ4v) is 1.62. The number of hydrogen-bond acceptors (Lipinski definition) is 2. The van der Waals surface area contributed by atoms with Crippen LogP contribution in [0, 0.1) is 6.92 Å². The fourth-order valence-electron chi connectivity index (χ4n) is 1.06. The van der Waals surface area contributed by atoms with Crippen LogP contribution in [0.4, 0.5) is 0 Å². The van der Waals surface area contributed by atoms with Crippen LogP contribution in [0.15, 0.2) is 6.20 Å². The molecule has 0 fully saturated rings. The normalized spacial score (nSPS) is 11.1. The highest BCUT2D eigenvalue weighted by Gasteiger charge is 2.05. The van der Waals surface area contributed by atoms with E-state index in [1.807, 2.05) is 16.4 Å². The molecule has 0 saturated carbocycles. The predicted molar refractivity (Wildman–Crippen MR) is 54.6 cm³/mol. The van der Waals surface area contributed by atoms with Crippen molar-refractivity contribution in [2.24, 2.45) is 0 Å². The Bertz CT molecular complexity index is 253. The highest BCUT2D eigenvalue weighted by molar-refractivity contribution is 7.97. The van der Waals surface area contributed by atoms with Crippen LogP contribution in [0.1, 0.15) is 31.1 Å². The molecule has 0 saturated heterocycles. The smallest absolute Gasteiger partial charge is 0.0752 e. The summed E-state index contributed by atoms with van der Waals surface area (Å²) >= 11 is 1.82. The van der Waals surface area contributed by atoms with Gasteiger partial charge in [-0.1, -0.05) is 0 Å². The van der Waals surface area contributed by atoms with E-state index in [2.05, 4.69) is 38.3 Å². The van der Waals surface area contributed by atoms with Crippen molar-refractivity contribution in [3.63, 3.8) is 0 Å². The van der Waals surface area contributed by atoms with E-state index >= 15 is 0 Å². The molecule has 2 nitrogen and oxygen atoms in total. The van der Waals surface area contributed by atoms with E-state index in [1.165, 1.54) is 11.3 Å². The molecule has 0 spiro atoms. The second kappa shape index (κ2) is 3.99. The van der Waals surface area contributed by atoms with Gasteiger partial charge >= 0.3 is 0 Å². The molecular formula is C9H16N2S. The maximum Gasteiger partial charge on any atom is 0.0752 e. The highest BCUT2D eigenvalue weighted by Crippen LogP contribution is 2.14. The Balaban J connectivity index is 2.85. The number of thioether (sulfide) groups is 1. The third kappa shape index (κ3) is 2.03. The van der Waals surface area contributed by atoms with Crippen molar-refractivity contribution in [1.82, 2.24) is 9.78 Å². The summed E-state index contributed by atoms with van der Waals surface area (Å²) in [6, 6.07) is 0.472. The molecule has 0 aliphatic carbocycles. The number of aromatic nitrogens is 2. The van der Waals surface area contributed by atoms with E-state index in [4.69, 9.17) is 0 Å². The molecule has 1 aromatic heterocycles. The van der Waals surface area contributed by atoms with Gasteiger partial charge in [-0.2, -0.15) is 16.9 Å². The zero-order valence-electron chi connectivity index (χ0n) is 8.16.